The van der Waals surface area contributed by atoms with E-state index in [-0.39, 0.29) is 17.3 Å². The van der Waals surface area contributed by atoms with Crippen molar-refractivity contribution in [2.45, 2.75) is 57.7 Å². The predicted octanol–water partition coefficient (Wildman–Crippen LogP) is 4.40. The van der Waals surface area contributed by atoms with Gasteiger partial charge in [0.05, 0.1) is 35.3 Å². The number of nitrogens with zero attached hydrogens (tertiary/aromatic N) is 1. The Morgan fingerprint density at radius 2 is 1.74 bits per heavy atom. The smallest absolute Gasteiger partial charge is 0.411 e. The van der Waals surface area contributed by atoms with Crippen LogP contribution in [0.25, 0.3) is 0 Å². The number of hydrogen-bond acceptors (Lipinski definition) is 7. The van der Waals surface area contributed by atoms with Crippen LogP contribution in [0.1, 0.15) is 56.6 Å². The van der Waals surface area contributed by atoms with E-state index >= 15 is 0 Å². The van der Waals surface area contributed by atoms with Crippen LogP contribution in [0.15, 0.2) is 46.8 Å². The highest BCUT2D eigenvalue weighted by atomic mass is 19.4. The SMILES string of the molecule is CC1=C(C(=O)OCCOCC(F)(F)F)C(c2cccc(C#N)c2)C(C(=O)OC2CCCC2)=C(C)N1. The summed E-state index contributed by atoms with van der Waals surface area (Å²) in [6, 6.07) is 8.57. The molecule has 35 heavy (non-hydrogen) atoms. The van der Waals surface area contributed by atoms with Gasteiger partial charge in [-0.15, -0.1) is 0 Å². The van der Waals surface area contributed by atoms with Gasteiger partial charge in [-0.25, -0.2) is 9.59 Å². The third kappa shape index (κ3) is 6.85. The van der Waals surface area contributed by atoms with Crippen molar-refractivity contribution in [3.8, 4) is 6.07 Å². The second-order valence-electron chi connectivity index (χ2n) is 8.49. The molecule has 1 fully saturated rings. The second kappa shape index (κ2) is 11.4. The molecule has 1 saturated carbocycles. The lowest BCUT2D eigenvalue weighted by Crippen LogP contribution is -2.33. The zero-order valence-corrected chi connectivity index (χ0v) is 19.5. The molecule has 0 bridgehead atoms. The van der Waals surface area contributed by atoms with Crippen molar-refractivity contribution in [3.63, 3.8) is 0 Å². The number of rotatable bonds is 8. The van der Waals surface area contributed by atoms with Crippen molar-refractivity contribution in [1.29, 1.82) is 5.26 Å². The first-order valence-corrected chi connectivity index (χ1v) is 11.3. The topological polar surface area (TPSA) is 97.7 Å². The standard InChI is InChI=1S/C25H27F3N2O5/c1-15-20(23(31)34-11-10-33-14-25(26,27)28)22(18-7-5-6-17(12-18)13-29)21(16(2)30-15)24(32)35-19-8-3-4-9-19/h5-7,12,19,22,30H,3-4,8-11,14H2,1-2H3. The van der Waals surface area contributed by atoms with Crippen molar-refractivity contribution in [2.75, 3.05) is 19.8 Å². The summed E-state index contributed by atoms with van der Waals surface area (Å²) in [5.74, 6) is -2.26. The molecule has 1 aliphatic heterocycles. The van der Waals surface area contributed by atoms with Crippen LogP contribution in [0.4, 0.5) is 13.2 Å². The van der Waals surface area contributed by atoms with Crippen LogP contribution in [0.5, 0.6) is 0 Å². The van der Waals surface area contributed by atoms with Gasteiger partial charge in [0.2, 0.25) is 0 Å². The number of allylic oxidation sites excluding steroid dienone is 2. The van der Waals surface area contributed by atoms with E-state index in [9.17, 15) is 28.0 Å². The number of carbonyl (C=O) groups is 2. The quantitative estimate of drug-likeness (QED) is 0.424. The Morgan fingerprint density at radius 1 is 1.09 bits per heavy atom. The normalized spacial score (nSPS) is 18.8. The zero-order chi connectivity index (χ0) is 25.6. The fourth-order valence-electron chi connectivity index (χ4n) is 4.34. The monoisotopic (exact) mass is 492 g/mol. The number of alkyl halides is 3. The number of ether oxygens (including phenoxy) is 3. The van der Waals surface area contributed by atoms with Crippen LogP contribution in [-0.2, 0) is 23.8 Å². The van der Waals surface area contributed by atoms with E-state index in [2.05, 4.69) is 10.1 Å². The molecule has 2 aliphatic rings. The molecule has 188 valence electrons. The van der Waals surface area contributed by atoms with Gasteiger partial charge in [0.25, 0.3) is 0 Å². The summed E-state index contributed by atoms with van der Waals surface area (Å²) in [5, 5.41) is 12.4. The van der Waals surface area contributed by atoms with E-state index in [4.69, 9.17) is 9.47 Å². The first-order valence-electron chi connectivity index (χ1n) is 11.3. The van der Waals surface area contributed by atoms with Crippen LogP contribution in [0, 0.1) is 11.3 Å². The van der Waals surface area contributed by atoms with Gasteiger partial charge in [-0.05, 0) is 57.2 Å². The average Bonchev–Trinajstić information content (AvgIpc) is 3.30. The Bertz CT molecular complexity index is 1070. The van der Waals surface area contributed by atoms with Gasteiger partial charge in [0.15, 0.2) is 0 Å². The van der Waals surface area contributed by atoms with Crippen LogP contribution in [-0.4, -0.2) is 44.0 Å². The molecule has 0 aromatic heterocycles. The highest BCUT2D eigenvalue weighted by molar-refractivity contribution is 6.00. The van der Waals surface area contributed by atoms with Gasteiger partial charge in [-0.3, -0.25) is 0 Å². The van der Waals surface area contributed by atoms with Crippen molar-refractivity contribution in [3.05, 3.63) is 57.9 Å². The van der Waals surface area contributed by atoms with Gasteiger partial charge >= 0.3 is 18.1 Å². The third-order valence-corrected chi connectivity index (χ3v) is 5.85. The fraction of sp³-hybridized carbons (Fsp3) is 0.480. The molecule has 3 rings (SSSR count). The third-order valence-electron chi connectivity index (χ3n) is 5.85. The molecule has 1 atom stereocenters. The Labute approximate surface area is 201 Å². The van der Waals surface area contributed by atoms with Crippen molar-refractivity contribution < 1.29 is 37.0 Å². The maximum Gasteiger partial charge on any atom is 0.411 e. The summed E-state index contributed by atoms with van der Waals surface area (Å²) < 4.78 is 52.2. The number of esters is 2. The molecule has 10 heteroatoms. The Morgan fingerprint density at radius 3 is 2.37 bits per heavy atom. The van der Waals surface area contributed by atoms with E-state index in [1.54, 1.807) is 38.1 Å². The minimum absolute atomic E-state index is 0.111. The molecule has 7 nitrogen and oxygen atoms in total. The maximum absolute atomic E-state index is 13.3. The van der Waals surface area contributed by atoms with E-state index < -0.39 is 43.9 Å². The summed E-state index contributed by atoms with van der Waals surface area (Å²) >= 11 is 0. The number of halogens is 3. The zero-order valence-electron chi connectivity index (χ0n) is 19.5. The highest BCUT2D eigenvalue weighted by Crippen LogP contribution is 2.40. The summed E-state index contributed by atoms with van der Waals surface area (Å²) in [6.45, 7) is 1.05. The highest BCUT2D eigenvalue weighted by Gasteiger charge is 2.39. The number of carbonyl (C=O) groups excluding carboxylic acids is 2. The fourth-order valence-corrected chi connectivity index (χ4v) is 4.34. The summed E-state index contributed by atoms with van der Waals surface area (Å²) in [4.78, 5) is 26.4. The summed E-state index contributed by atoms with van der Waals surface area (Å²) in [5.41, 5.74) is 2.12. The molecule has 1 unspecified atom stereocenters. The molecule has 0 saturated heterocycles. The lowest BCUT2D eigenvalue weighted by atomic mass is 9.80. The molecule has 0 spiro atoms. The molecule has 1 aromatic carbocycles. The Hall–Kier alpha value is -3.32. The Balaban J connectivity index is 1.88. The predicted molar refractivity (Wildman–Crippen MR) is 119 cm³/mol. The molecule has 1 heterocycles. The number of hydrogen-bond donors (Lipinski definition) is 1. The molecule has 0 radical (unpaired) electrons. The minimum Gasteiger partial charge on any atom is -0.460 e. The largest absolute Gasteiger partial charge is 0.460 e. The van der Waals surface area contributed by atoms with Crippen molar-refractivity contribution >= 4 is 11.9 Å². The van der Waals surface area contributed by atoms with Crippen molar-refractivity contribution in [2.24, 2.45) is 0 Å². The molecule has 1 aromatic rings. The second-order valence-corrected chi connectivity index (χ2v) is 8.49. The minimum atomic E-state index is -4.48. The van der Waals surface area contributed by atoms with Crippen LogP contribution < -0.4 is 5.32 Å². The maximum atomic E-state index is 13.3. The van der Waals surface area contributed by atoms with Crippen LogP contribution in [0.2, 0.25) is 0 Å². The van der Waals surface area contributed by atoms with E-state index in [0.717, 1.165) is 25.7 Å². The van der Waals surface area contributed by atoms with Gasteiger partial charge in [0.1, 0.15) is 19.3 Å². The van der Waals surface area contributed by atoms with Gasteiger partial charge < -0.3 is 19.5 Å². The first kappa shape index (κ1) is 26.3. The molecule has 1 N–H and O–H groups in total. The molecule has 0 amide bonds. The molecular weight excluding hydrogens is 465 g/mol. The summed E-state index contributed by atoms with van der Waals surface area (Å²) in [7, 11) is 0. The Kier molecular flexibility index (Phi) is 8.57. The van der Waals surface area contributed by atoms with Crippen LogP contribution in [0.3, 0.4) is 0 Å². The number of nitrogens with one attached hydrogen (secondary N) is 1. The van der Waals surface area contributed by atoms with Crippen molar-refractivity contribution in [1.82, 2.24) is 5.32 Å². The first-order chi connectivity index (χ1) is 16.6. The van der Waals surface area contributed by atoms with E-state index in [1.807, 2.05) is 6.07 Å². The number of nitriles is 1. The lowest BCUT2D eigenvalue weighted by molar-refractivity contribution is -0.177. The number of benzene rings is 1. The van der Waals surface area contributed by atoms with Gasteiger partial charge in [-0.1, -0.05) is 12.1 Å². The van der Waals surface area contributed by atoms with Gasteiger partial charge in [-0.2, -0.15) is 18.4 Å². The van der Waals surface area contributed by atoms with E-state index in [1.165, 1.54) is 0 Å². The lowest BCUT2D eigenvalue weighted by Gasteiger charge is -2.31. The number of dihydropyridines is 1. The van der Waals surface area contributed by atoms with E-state index in [0.29, 0.717) is 22.5 Å². The van der Waals surface area contributed by atoms with Gasteiger partial charge in [0, 0.05) is 11.4 Å². The van der Waals surface area contributed by atoms with Crippen LogP contribution >= 0.6 is 0 Å². The molecule has 1 aliphatic carbocycles. The molecular formula is C25H27F3N2O5. The average molecular weight is 492 g/mol. The summed E-state index contributed by atoms with van der Waals surface area (Å²) in [6.07, 6.45) is -1.22.